The number of nitrogens with two attached hydrogens (primary N) is 1. The molecule has 0 spiro atoms. The molecule has 0 atom stereocenters. The van der Waals surface area contributed by atoms with Crippen LogP contribution in [-0.2, 0) is 19.5 Å². The number of fused-ring (bicyclic) bond motifs is 1. The van der Waals surface area contributed by atoms with Crippen LogP contribution in [0.1, 0.15) is 16.7 Å². The number of amides is 2. The van der Waals surface area contributed by atoms with E-state index >= 15 is 0 Å². The average Bonchev–Trinajstić information content (AvgIpc) is 2.53. The van der Waals surface area contributed by atoms with Crippen molar-refractivity contribution in [3.8, 4) is 0 Å². The van der Waals surface area contributed by atoms with Crippen molar-refractivity contribution in [2.24, 2.45) is 0 Å². The molecular weight excluding hydrogens is 262 g/mol. The summed E-state index contributed by atoms with van der Waals surface area (Å²) in [7, 11) is 0. The van der Waals surface area contributed by atoms with Gasteiger partial charge in [-0.2, -0.15) is 0 Å². The summed E-state index contributed by atoms with van der Waals surface area (Å²) in [5.74, 6) is 0. The van der Waals surface area contributed by atoms with Gasteiger partial charge >= 0.3 is 6.03 Å². The number of rotatable bonds is 2. The van der Waals surface area contributed by atoms with Crippen LogP contribution in [0.15, 0.2) is 48.5 Å². The predicted molar refractivity (Wildman–Crippen MR) is 83.6 cm³/mol. The van der Waals surface area contributed by atoms with Gasteiger partial charge < -0.3 is 16.0 Å². The Morgan fingerprint density at radius 3 is 2.76 bits per heavy atom. The molecule has 4 nitrogen and oxygen atoms in total. The molecule has 0 aliphatic carbocycles. The molecule has 0 fully saturated rings. The van der Waals surface area contributed by atoms with E-state index in [1.807, 2.05) is 47.4 Å². The van der Waals surface area contributed by atoms with E-state index in [2.05, 4.69) is 11.4 Å². The Balaban J connectivity index is 1.61. The Bertz CT molecular complexity index is 640. The zero-order chi connectivity index (χ0) is 14.7. The van der Waals surface area contributed by atoms with Gasteiger partial charge in [-0.3, -0.25) is 0 Å². The second-order valence-corrected chi connectivity index (χ2v) is 5.34. The molecule has 0 saturated heterocycles. The van der Waals surface area contributed by atoms with E-state index in [0.717, 1.165) is 29.8 Å². The molecule has 2 aromatic rings. The summed E-state index contributed by atoms with van der Waals surface area (Å²) in [6, 6.07) is 15.9. The van der Waals surface area contributed by atoms with Gasteiger partial charge in [0.1, 0.15) is 0 Å². The molecule has 4 heteroatoms. The molecule has 2 aromatic carbocycles. The lowest BCUT2D eigenvalue weighted by molar-refractivity contribution is 0.192. The van der Waals surface area contributed by atoms with Crippen molar-refractivity contribution in [3.63, 3.8) is 0 Å². The van der Waals surface area contributed by atoms with E-state index in [0.29, 0.717) is 13.1 Å². The fourth-order valence-corrected chi connectivity index (χ4v) is 2.64. The molecule has 1 aliphatic heterocycles. The Morgan fingerprint density at radius 2 is 1.95 bits per heavy atom. The zero-order valence-electron chi connectivity index (χ0n) is 11.9. The largest absolute Gasteiger partial charge is 0.399 e. The highest BCUT2D eigenvalue weighted by atomic mass is 16.2. The van der Waals surface area contributed by atoms with Gasteiger partial charge in [-0.15, -0.1) is 0 Å². The molecular formula is C17H19N3O. The first-order chi connectivity index (χ1) is 10.2. The Morgan fingerprint density at radius 1 is 1.14 bits per heavy atom. The van der Waals surface area contributed by atoms with Crippen LogP contribution in [0.4, 0.5) is 10.5 Å². The Hall–Kier alpha value is -2.49. The molecule has 1 aliphatic rings. The number of hydrogen-bond donors (Lipinski definition) is 2. The number of hydrogen-bond acceptors (Lipinski definition) is 2. The van der Waals surface area contributed by atoms with E-state index in [9.17, 15) is 4.79 Å². The molecule has 0 radical (unpaired) electrons. The van der Waals surface area contributed by atoms with Gasteiger partial charge in [-0.1, -0.05) is 36.4 Å². The third-order valence-corrected chi connectivity index (χ3v) is 3.82. The monoisotopic (exact) mass is 281 g/mol. The van der Waals surface area contributed by atoms with Gasteiger partial charge in [-0.05, 0) is 35.2 Å². The lowest BCUT2D eigenvalue weighted by Crippen LogP contribution is -2.42. The van der Waals surface area contributed by atoms with Crippen LogP contribution < -0.4 is 11.1 Å². The van der Waals surface area contributed by atoms with Crippen molar-refractivity contribution in [1.82, 2.24) is 10.2 Å². The van der Waals surface area contributed by atoms with Gasteiger partial charge in [-0.25, -0.2) is 4.79 Å². The number of anilines is 1. The molecule has 0 bridgehead atoms. The number of carbonyl (C=O) groups excluding carboxylic acids is 1. The highest BCUT2D eigenvalue weighted by Crippen LogP contribution is 2.21. The van der Waals surface area contributed by atoms with Crippen molar-refractivity contribution in [2.45, 2.75) is 19.5 Å². The summed E-state index contributed by atoms with van der Waals surface area (Å²) < 4.78 is 0. The van der Waals surface area contributed by atoms with E-state index < -0.39 is 0 Å². The van der Waals surface area contributed by atoms with Gasteiger partial charge in [0, 0.05) is 25.3 Å². The first-order valence-electron chi connectivity index (χ1n) is 7.16. The van der Waals surface area contributed by atoms with Gasteiger partial charge in [0.2, 0.25) is 0 Å². The summed E-state index contributed by atoms with van der Waals surface area (Å²) in [5, 5.41) is 2.97. The molecule has 3 rings (SSSR count). The van der Waals surface area contributed by atoms with Crippen LogP contribution in [0.3, 0.4) is 0 Å². The number of benzene rings is 2. The molecule has 0 aromatic heterocycles. The molecule has 108 valence electrons. The Labute approximate surface area is 124 Å². The molecule has 2 amide bonds. The van der Waals surface area contributed by atoms with E-state index in [1.165, 1.54) is 5.56 Å². The maximum atomic E-state index is 12.2. The SMILES string of the molecule is Nc1ccc2c(c1)CN(C(=O)NCc1ccccc1)CC2. The average molecular weight is 281 g/mol. The quantitative estimate of drug-likeness (QED) is 0.831. The fourth-order valence-electron chi connectivity index (χ4n) is 2.64. The number of urea groups is 1. The minimum atomic E-state index is -0.0214. The summed E-state index contributed by atoms with van der Waals surface area (Å²) in [6.45, 7) is 1.93. The summed E-state index contributed by atoms with van der Waals surface area (Å²) in [6.07, 6.45) is 0.883. The van der Waals surface area contributed by atoms with E-state index in [-0.39, 0.29) is 6.03 Å². The van der Waals surface area contributed by atoms with Crippen molar-refractivity contribution in [2.75, 3.05) is 12.3 Å². The van der Waals surface area contributed by atoms with E-state index in [4.69, 9.17) is 5.73 Å². The van der Waals surface area contributed by atoms with Gasteiger partial charge in [0.05, 0.1) is 0 Å². The topological polar surface area (TPSA) is 58.4 Å². The zero-order valence-corrected chi connectivity index (χ0v) is 11.9. The van der Waals surface area contributed by atoms with Crippen molar-refractivity contribution < 1.29 is 4.79 Å². The highest BCUT2D eigenvalue weighted by molar-refractivity contribution is 5.74. The molecule has 0 saturated carbocycles. The van der Waals surface area contributed by atoms with Crippen molar-refractivity contribution >= 4 is 11.7 Å². The maximum Gasteiger partial charge on any atom is 0.317 e. The van der Waals surface area contributed by atoms with Gasteiger partial charge in [0.15, 0.2) is 0 Å². The van der Waals surface area contributed by atoms with Crippen LogP contribution >= 0.6 is 0 Å². The molecule has 3 N–H and O–H groups in total. The minimum Gasteiger partial charge on any atom is -0.399 e. The second-order valence-electron chi connectivity index (χ2n) is 5.34. The van der Waals surface area contributed by atoms with Crippen LogP contribution in [0.2, 0.25) is 0 Å². The van der Waals surface area contributed by atoms with Gasteiger partial charge in [0.25, 0.3) is 0 Å². The third kappa shape index (κ3) is 3.16. The lowest BCUT2D eigenvalue weighted by Gasteiger charge is -2.29. The highest BCUT2D eigenvalue weighted by Gasteiger charge is 2.20. The smallest absolute Gasteiger partial charge is 0.317 e. The molecule has 21 heavy (non-hydrogen) atoms. The van der Waals surface area contributed by atoms with Crippen LogP contribution in [0.5, 0.6) is 0 Å². The number of nitrogens with one attached hydrogen (secondary N) is 1. The van der Waals surface area contributed by atoms with Crippen LogP contribution in [-0.4, -0.2) is 17.5 Å². The lowest BCUT2D eigenvalue weighted by atomic mass is 9.99. The number of nitrogen functional groups attached to an aromatic ring is 1. The summed E-state index contributed by atoms with van der Waals surface area (Å²) in [4.78, 5) is 14.1. The Kier molecular flexibility index (Phi) is 3.77. The van der Waals surface area contributed by atoms with Crippen molar-refractivity contribution in [1.29, 1.82) is 0 Å². The normalized spacial score (nSPS) is 13.6. The first kappa shape index (κ1) is 13.5. The van der Waals surface area contributed by atoms with Crippen molar-refractivity contribution in [3.05, 3.63) is 65.2 Å². The standard InChI is InChI=1S/C17H19N3O/c18-16-7-6-14-8-9-20(12-15(14)10-16)17(21)19-11-13-4-2-1-3-5-13/h1-7,10H,8-9,11-12,18H2,(H,19,21). The summed E-state index contributed by atoms with van der Waals surface area (Å²) >= 11 is 0. The van der Waals surface area contributed by atoms with Crippen LogP contribution in [0.25, 0.3) is 0 Å². The second kappa shape index (κ2) is 5.87. The molecule has 1 heterocycles. The van der Waals surface area contributed by atoms with Crippen LogP contribution in [0, 0.1) is 0 Å². The summed E-state index contributed by atoms with van der Waals surface area (Å²) in [5.41, 5.74) is 10.1. The first-order valence-corrected chi connectivity index (χ1v) is 7.16. The predicted octanol–water partition coefficient (Wildman–Crippen LogP) is 2.54. The minimum absolute atomic E-state index is 0.0214. The molecule has 0 unspecified atom stereocenters. The number of carbonyl (C=O) groups is 1. The fraction of sp³-hybridized carbons (Fsp3) is 0.235. The third-order valence-electron chi connectivity index (χ3n) is 3.82. The van der Waals surface area contributed by atoms with E-state index in [1.54, 1.807) is 0 Å². The number of nitrogens with zero attached hydrogens (tertiary/aromatic N) is 1. The maximum absolute atomic E-state index is 12.2.